The van der Waals surface area contributed by atoms with Gasteiger partial charge in [-0.15, -0.1) is 0 Å². The van der Waals surface area contributed by atoms with Crippen molar-refractivity contribution in [3.8, 4) is 0 Å². The third kappa shape index (κ3) is 7.31. The largest absolute Gasteiger partial charge is 0.316 e. The van der Waals surface area contributed by atoms with Crippen LogP contribution in [0.2, 0.25) is 0 Å². The Hall–Kier alpha value is -0.0800. The molecule has 1 rings (SSSR count). The molecule has 1 unspecified atom stereocenters. The number of nitrogens with one attached hydrogen (secondary N) is 1. The Morgan fingerprint density at radius 3 is 2.63 bits per heavy atom. The summed E-state index contributed by atoms with van der Waals surface area (Å²) >= 11 is 0. The number of hydrogen-bond acceptors (Lipinski definition) is 2. The Labute approximate surface area is 121 Å². The van der Waals surface area contributed by atoms with Crippen LogP contribution in [0.25, 0.3) is 0 Å². The number of unbranched alkanes of at least 4 members (excludes halogenated alkanes) is 2. The van der Waals surface area contributed by atoms with Gasteiger partial charge in [0.15, 0.2) is 0 Å². The number of likely N-dealkylation sites (tertiary alicyclic amines) is 1. The summed E-state index contributed by atoms with van der Waals surface area (Å²) in [5.41, 5.74) is 0.501. The van der Waals surface area contributed by atoms with E-state index < -0.39 is 0 Å². The van der Waals surface area contributed by atoms with E-state index in [4.69, 9.17) is 0 Å². The molecule has 1 heterocycles. The van der Waals surface area contributed by atoms with Crippen LogP contribution in [0.4, 0.5) is 0 Å². The third-order valence-corrected chi connectivity index (χ3v) is 4.34. The summed E-state index contributed by atoms with van der Waals surface area (Å²) in [6.45, 7) is 15.8. The van der Waals surface area contributed by atoms with Gasteiger partial charge in [0.25, 0.3) is 0 Å². The third-order valence-electron chi connectivity index (χ3n) is 4.34. The van der Waals surface area contributed by atoms with Crippen LogP contribution in [0.1, 0.15) is 66.2 Å². The first-order valence-corrected chi connectivity index (χ1v) is 8.50. The quantitative estimate of drug-likeness (QED) is 0.604. The summed E-state index contributed by atoms with van der Waals surface area (Å²) in [7, 11) is 0. The second kappa shape index (κ2) is 8.97. The molecular formula is C17H36N2. The first-order valence-electron chi connectivity index (χ1n) is 8.50. The molecule has 114 valence electrons. The van der Waals surface area contributed by atoms with Crippen molar-refractivity contribution in [1.82, 2.24) is 10.2 Å². The van der Waals surface area contributed by atoms with Crippen LogP contribution in [0.5, 0.6) is 0 Å². The smallest absolute Gasteiger partial charge is 0.00328 e. The van der Waals surface area contributed by atoms with E-state index in [1.165, 1.54) is 71.2 Å². The van der Waals surface area contributed by atoms with Crippen molar-refractivity contribution < 1.29 is 0 Å². The zero-order chi connectivity index (χ0) is 14.1. The lowest BCUT2D eigenvalue weighted by Gasteiger charge is -2.30. The second-order valence-electron chi connectivity index (χ2n) is 7.22. The highest BCUT2D eigenvalue weighted by molar-refractivity contribution is 4.82. The van der Waals surface area contributed by atoms with Crippen molar-refractivity contribution in [2.75, 3.05) is 32.7 Å². The van der Waals surface area contributed by atoms with E-state index in [1.807, 2.05) is 0 Å². The SMILES string of the molecule is CCCCCC(C)(C)CN1CCC(CNCCC)C1. The van der Waals surface area contributed by atoms with Gasteiger partial charge in [0.2, 0.25) is 0 Å². The zero-order valence-electron chi connectivity index (χ0n) is 13.8. The molecule has 1 N–H and O–H groups in total. The van der Waals surface area contributed by atoms with Crippen LogP contribution in [0.3, 0.4) is 0 Å². The lowest BCUT2D eigenvalue weighted by atomic mass is 9.86. The Morgan fingerprint density at radius 1 is 1.16 bits per heavy atom. The number of rotatable bonds is 10. The molecule has 0 radical (unpaired) electrons. The van der Waals surface area contributed by atoms with E-state index in [2.05, 4.69) is 37.9 Å². The summed E-state index contributed by atoms with van der Waals surface area (Å²) in [4.78, 5) is 2.70. The van der Waals surface area contributed by atoms with Gasteiger partial charge in [-0.3, -0.25) is 0 Å². The fourth-order valence-corrected chi connectivity index (χ4v) is 3.24. The van der Waals surface area contributed by atoms with E-state index in [1.54, 1.807) is 0 Å². The number of nitrogens with zero attached hydrogens (tertiary/aromatic N) is 1. The maximum Gasteiger partial charge on any atom is 0.00328 e. The summed E-state index contributed by atoms with van der Waals surface area (Å²) in [6, 6.07) is 0. The lowest BCUT2D eigenvalue weighted by molar-refractivity contribution is 0.188. The first kappa shape index (κ1) is 17.0. The van der Waals surface area contributed by atoms with Gasteiger partial charge < -0.3 is 10.2 Å². The standard InChI is InChI=1S/C17H36N2/c1-5-7-8-10-17(3,4)15-19-12-9-16(14-19)13-18-11-6-2/h16,18H,5-15H2,1-4H3. The van der Waals surface area contributed by atoms with Gasteiger partial charge >= 0.3 is 0 Å². The molecule has 0 saturated carbocycles. The summed E-state index contributed by atoms with van der Waals surface area (Å²) in [5, 5.41) is 3.58. The minimum Gasteiger partial charge on any atom is -0.316 e. The Morgan fingerprint density at radius 2 is 1.95 bits per heavy atom. The molecule has 19 heavy (non-hydrogen) atoms. The van der Waals surface area contributed by atoms with Crippen LogP contribution < -0.4 is 5.32 Å². The predicted octanol–water partition coefficient (Wildman–Crippen LogP) is 3.91. The molecule has 1 fully saturated rings. The van der Waals surface area contributed by atoms with Crippen molar-refractivity contribution in [2.24, 2.45) is 11.3 Å². The van der Waals surface area contributed by atoms with Crippen LogP contribution >= 0.6 is 0 Å². The average Bonchev–Trinajstić information content (AvgIpc) is 2.76. The van der Waals surface area contributed by atoms with Crippen molar-refractivity contribution in [2.45, 2.75) is 66.2 Å². The van der Waals surface area contributed by atoms with Crippen LogP contribution in [-0.4, -0.2) is 37.6 Å². The van der Waals surface area contributed by atoms with Crippen LogP contribution in [0.15, 0.2) is 0 Å². The molecule has 1 aliphatic rings. The van der Waals surface area contributed by atoms with Crippen molar-refractivity contribution >= 4 is 0 Å². The van der Waals surface area contributed by atoms with Gasteiger partial charge in [-0.2, -0.15) is 0 Å². The molecule has 0 amide bonds. The van der Waals surface area contributed by atoms with Crippen LogP contribution in [-0.2, 0) is 0 Å². The lowest BCUT2D eigenvalue weighted by Crippen LogP contribution is -2.34. The summed E-state index contributed by atoms with van der Waals surface area (Å²) in [6.07, 6.45) is 8.16. The summed E-state index contributed by atoms with van der Waals surface area (Å²) in [5.74, 6) is 0.887. The fraction of sp³-hybridized carbons (Fsp3) is 1.00. The summed E-state index contributed by atoms with van der Waals surface area (Å²) < 4.78 is 0. The normalized spacial score (nSPS) is 21.2. The van der Waals surface area contributed by atoms with E-state index >= 15 is 0 Å². The molecule has 1 atom stereocenters. The predicted molar refractivity (Wildman–Crippen MR) is 85.6 cm³/mol. The molecule has 0 aromatic carbocycles. The maximum absolute atomic E-state index is 3.58. The van der Waals surface area contributed by atoms with Gasteiger partial charge in [-0.1, -0.05) is 47.0 Å². The van der Waals surface area contributed by atoms with E-state index in [0.29, 0.717) is 5.41 Å². The van der Waals surface area contributed by atoms with Gasteiger partial charge in [-0.05, 0) is 50.2 Å². The van der Waals surface area contributed by atoms with Gasteiger partial charge in [-0.25, -0.2) is 0 Å². The highest BCUT2D eigenvalue weighted by atomic mass is 15.2. The van der Waals surface area contributed by atoms with E-state index in [-0.39, 0.29) is 0 Å². The Balaban J connectivity index is 2.19. The topological polar surface area (TPSA) is 15.3 Å². The zero-order valence-corrected chi connectivity index (χ0v) is 13.8. The maximum atomic E-state index is 3.58. The second-order valence-corrected chi connectivity index (χ2v) is 7.22. The molecule has 0 spiro atoms. The number of hydrogen-bond donors (Lipinski definition) is 1. The van der Waals surface area contributed by atoms with Crippen molar-refractivity contribution in [3.05, 3.63) is 0 Å². The van der Waals surface area contributed by atoms with Gasteiger partial charge in [0.1, 0.15) is 0 Å². The molecular weight excluding hydrogens is 232 g/mol. The van der Waals surface area contributed by atoms with E-state index in [0.717, 1.165) is 5.92 Å². The monoisotopic (exact) mass is 268 g/mol. The molecule has 0 bridgehead atoms. The molecule has 0 aromatic heterocycles. The molecule has 0 aliphatic carbocycles. The highest BCUT2D eigenvalue weighted by Gasteiger charge is 2.27. The molecule has 2 heteroatoms. The van der Waals surface area contributed by atoms with Gasteiger partial charge in [0.05, 0.1) is 0 Å². The fourth-order valence-electron chi connectivity index (χ4n) is 3.24. The Kier molecular flexibility index (Phi) is 8.01. The minimum absolute atomic E-state index is 0.501. The van der Waals surface area contributed by atoms with Gasteiger partial charge in [0, 0.05) is 13.1 Å². The first-order chi connectivity index (χ1) is 9.07. The minimum atomic E-state index is 0.501. The average molecular weight is 268 g/mol. The molecule has 0 aromatic rings. The molecule has 1 aliphatic heterocycles. The highest BCUT2D eigenvalue weighted by Crippen LogP contribution is 2.27. The molecule has 1 saturated heterocycles. The van der Waals surface area contributed by atoms with E-state index in [9.17, 15) is 0 Å². The Bertz CT molecular complexity index is 225. The van der Waals surface area contributed by atoms with Crippen molar-refractivity contribution in [3.63, 3.8) is 0 Å². The van der Waals surface area contributed by atoms with Crippen LogP contribution in [0, 0.1) is 11.3 Å². The van der Waals surface area contributed by atoms with Crippen molar-refractivity contribution in [1.29, 1.82) is 0 Å². The molecule has 2 nitrogen and oxygen atoms in total.